The van der Waals surface area contributed by atoms with Crippen molar-refractivity contribution in [1.82, 2.24) is 10.2 Å². The SMILES string of the molecule is CN1CCC(CC(=O)NCCSC(C)(C)C)CC1. The van der Waals surface area contributed by atoms with Gasteiger partial charge in [-0.2, -0.15) is 11.8 Å². The Labute approximate surface area is 116 Å². The van der Waals surface area contributed by atoms with Gasteiger partial charge in [0.25, 0.3) is 0 Å². The maximum Gasteiger partial charge on any atom is 0.220 e. The second-order valence-electron chi connectivity index (χ2n) is 6.26. The van der Waals surface area contributed by atoms with Crippen molar-refractivity contribution < 1.29 is 4.79 Å². The van der Waals surface area contributed by atoms with Crippen LogP contribution in [0.15, 0.2) is 0 Å². The Bertz CT molecular complexity index is 255. The van der Waals surface area contributed by atoms with Crippen LogP contribution in [0.4, 0.5) is 0 Å². The van der Waals surface area contributed by atoms with Crippen molar-refractivity contribution in [3.05, 3.63) is 0 Å². The third kappa shape index (κ3) is 7.27. The van der Waals surface area contributed by atoms with Crippen LogP contribution < -0.4 is 5.32 Å². The van der Waals surface area contributed by atoms with Crippen molar-refractivity contribution >= 4 is 17.7 Å². The fourth-order valence-corrected chi connectivity index (χ4v) is 2.96. The normalized spacial score (nSPS) is 18.9. The number of rotatable bonds is 5. The van der Waals surface area contributed by atoms with Crippen LogP contribution in [-0.2, 0) is 4.79 Å². The predicted octanol–water partition coefficient (Wildman–Crippen LogP) is 2.37. The van der Waals surface area contributed by atoms with Gasteiger partial charge in [0.2, 0.25) is 5.91 Å². The molecule has 1 saturated heterocycles. The van der Waals surface area contributed by atoms with E-state index in [-0.39, 0.29) is 5.91 Å². The number of nitrogens with zero attached hydrogens (tertiary/aromatic N) is 1. The Morgan fingerprint density at radius 1 is 1.33 bits per heavy atom. The van der Waals surface area contributed by atoms with Crippen LogP contribution >= 0.6 is 11.8 Å². The summed E-state index contributed by atoms with van der Waals surface area (Å²) in [5.74, 6) is 1.83. The number of nitrogens with one attached hydrogen (secondary N) is 1. The van der Waals surface area contributed by atoms with Gasteiger partial charge in [0.05, 0.1) is 0 Å². The molecule has 3 nitrogen and oxygen atoms in total. The number of amides is 1. The first-order chi connectivity index (χ1) is 8.37. The van der Waals surface area contributed by atoms with Crippen LogP contribution in [0.2, 0.25) is 0 Å². The van der Waals surface area contributed by atoms with E-state index in [4.69, 9.17) is 0 Å². The number of piperidine rings is 1. The van der Waals surface area contributed by atoms with Crippen molar-refractivity contribution in [2.75, 3.05) is 32.4 Å². The Balaban J connectivity index is 2.07. The zero-order chi connectivity index (χ0) is 13.6. The number of likely N-dealkylation sites (tertiary alicyclic amines) is 1. The van der Waals surface area contributed by atoms with Crippen LogP contribution in [0.1, 0.15) is 40.0 Å². The van der Waals surface area contributed by atoms with Crippen LogP contribution in [0.25, 0.3) is 0 Å². The summed E-state index contributed by atoms with van der Waals surface area (Å²) in [5, 5.41) is 3.04. The third-order valence-electron chi connectivity index (χ3n) is 3.27. The number of carbonyl (C=O) groups is 1. The molecule has 0 aromatic rings. The summed E-state index contributed by atoms with van der Waals surface area (Å²) in [7, 11) is 2.15. The van der Waals surface area contributed by atoms with E-state index in [0.29, 0.717) is 17.1 Å². The third-order valence-corrected chi connectivity index (χ3v) is 4.55. The summed E-state index contributed by atoms with van der Waals surface area (Å²) >= 11 is 1.90. The Morgan fingerprint density at radius 2 is 1.94 bits per heavy atom. The van der Waals surface area contributed by atoms with Gasteiger partial charge in [0.1, 0.15) is 0 Å². The highest BCUT2D eigenvalue weighted by atomic mass is 32.2. The molecule has 106 valence electrons. The minimum absolute atomic E-state index is 0.235. The van der Waals surface area contributed by atoms with Crippen LogP contribution in [0.5, 0.6) is 0 Å². The van der Waals surface area contributed by atoms with E-state index in [0.717, 1.165) is 25.4 Å². The maximum atomic E-state index is 11.8. The van der Waals surface area contributed by atoms with E-state index < -0.39 is 0 Å². The van der Waals surface area contributed by atoms with Gasteiger partial charge >= 0.3 is 0 Å². The van der Waals surface area contributed by atoms with Crippen molar-refractivity contribution in [2.24, 2.45) is 5.92 Å². The first-order valence-corrected chi connectivity index (χ1v) is 7.94. The van der Waals surface area contributed by atoms with Gasteiger partial charge in [0.15, 0.2) is 0 Å². The van der Waals surface area contributed by atoms with Gasteiger partial charge < -0.3 is 10.2 Å². The molecule has 1 aliphatic rings. The van der Waals surface area contributed by atoms with Crippen molar-refractivity contribution in [2.45, 2.75) is 44.8 Å². The van der Waals surface area contributed by atoms with Crippen molar-refractivity contribution in [3.63, 3.8) is 0 Å². The Morgan fingerprint density at radius 3 is 2.50 bits per heavy atom. The predicted molar refractivity (Wildman–Crippen MR) is 80.1 cm³/mol. The highest BCUT2D eigenvalue weighted by Crippen LogP contribution is 2.22. The molecule has 0 saturated carbocycles. The molecule has 0 unspecified atom stereocenters. The highest BCUT2D eigenvalue weighted by molar-refractivity contribution is 8.00. The summed E-state index contributed by atoms with van der Waals surface area (Å²) in [6.07, 6.45) is 3.05. The minimum Gasteiger partial charge on any atom is -0.355 e. The van der Waals surface area contributed by atoms with Gasteiger partial charge in [-0.05, 0) is 38.9 Å². The largest absolute Gasteiger partial charge is 0.355 e. The lowest BCUT2D eigenvalue weighted by Crippen LogP contribution is -2.34. The van der Waals surface area contributed by atoms with Gasteiger partial charge in [0, 0.05) is 23.5 Å². The summed E-state index contributed by atoms with van der Waals surface area (Å²) in [4.78, 5) is 14.1. The van der Waals surface area contributed by atoms with E-state index in [9.17, 15) is 4.79 Å². The molecule has 1 fully saturated rings. The zero-order valence-electron chi connectivity index (χ0n) is 12.3. The molecule has 18 heavy (non-hydrogen) atoms. The summed E-state index contributed by atoms with van der Waals surface area (Å²) < 4.78 is 0.290. The molecule has 1 amide bonds. The van der Waals surface area contributed by atoms with E-state index in [1.165, 1.54) is 12.8 Å². The van der Waals surface area contributed by atoms with E-state index in [1.807, 2.05) is 11.8 Å². The molecule has 1 rings (SSSR count). The lowest BCUT2D eigenvalue weighted by Gasteiger charge is -2.28. The van der Waals surface area contributed by atoms with E-state index in [2.05, 4.69) is 38.0 Å². The molecular weight excluding hydrogens is 244 g/mol. The topological polar surface area (TPSA) is 32.3 Å². The molecule has 0 radical (unpaired) electrons. The molecule has 0 bridgehead atoms. The average Bonchev–Trinajstić information content (AvgIpc) is 2.26. The molecule has 0 atom stereocenters. The summed E-state index contributed by atoms with van der Waals surface area (Å²) in [6.45, 7) is 9.69. The Hall–Kier alpha value is -0.220. The smallest absolute Gasteiger partial charge is 0.220 e. The molecular formula is C14H28N2OS. The zero-order valence-corrected chi connectivity index (χ0v) is 13.1. The van der Waals surface area contributed by atoms with Gasteiger partial charge in [-0.15, -0.1) is 0 Å². The second-order valence-corrected chi connectivity index (χ2v) is 8.18. The van der Waals surface area contributed by atoms with Gasteiger partial charge in [-0.3, -0.25) is 4.79 Å². The molecule has 0 aromatic carbocycles. The summed E-state index contributed by atoms with van der Waals surface area (Å²) in [6, 6.07) is 0. The average molecular weight is 272 g/mol. The monoisotopic (exact) mass is 272 g/mol. The van der Waals surface area contributed by atoms with E-state index >= 15 is 0 Å². The lowest BCUT2D eigenvalue weighted by molar-refractivity contribution is -0.122. The number of hydrogen-bond acceptors (Lipinski definition) is 3. The molecule has 1 aliphatic heterocycles. The van der Waals surface area contributed by atoms with Crippen LogP contribution in [-0.4, -0.2) is 48.0 Å². The first-order valence-electron chi connectivity index (χ1n) is 6.96. The number of carbonyl (C=O) groups excluding carboxylic acids is 1. The Kier molecular flexibility index (Phi) is 6.50. The fourth-order valence-electron chi connectivity index (χ4n) is 2.15. The van der Waals surface area contributed by atoms with E-state index in [1.54, 1.807) is 0 Å². The first kappa shape index (κ1) is 15.8. The second kappa shape index (κ2) is 7.39. The van der Waals surface area contributed by atoms with Crippen LogP contribution in [0, 0.1) is 5.92 Å². The molecule has 4 heteroatoms. The molecule has 1 N–H and O–H groups in total. The lowest BCUT2D eigenvalue weighted by atomic mass is 9.93. The van der Waals surface area contributed by atoms with Gasteiger partial charge in [-0.25, -0.2) is 0 Å². The van der Waals surface area contributed by atoms with Crippen molar-refractivity contribution in [3.8, 4) is 0 Å². The summed E-state index contributed by atoms with van der Waals surface area (Å²) in [5.41, 5.74) is 0. The molecule has 0 spiro atoms. The minimum atomic E-state index is 0.235. The van der Waals surface area contributed by atoms with Crippen molar-refractivity contribution in [1.29, 1.82) is 0 Å². The molecule has 0 aromatic heterocycles. The maximum absolute atomic E-state index is 11.8. The number of thioether (sulfide) groups is 1. The fraction of sp³-hybridized carbons (Fsp3) is 0.929. The molecule has 0 aliphatic carbocycles. The number of hydrogen-bond donors (Lipinski definition) is 1. The van der Waals surface area contributed by atoms with Gasteiger partial charge in [-0.1, -0.05) is 20.8 Å². The molecule has 1 heterocycles. The quantitative estimate of drug-likeness (QED) is 0.780. The standard InChI is InChI=1S/C14H28N2OS/c1-14(2,3)18-10-7-15-13(17)11-12-5-8-16(4)9-6-12/h12H,5-11H2,1-4H3,(H,15,17). The van der Waals surface area contributed by atoms with Crippen LogP contribution in [0.3, 0.4) is 0 Å². The highest BCUT2D eigenvalue weighted by Gasteiger charge is 2.19.